The SMILES string of the molecule is CC(C)N(CCOc1ccc([C@@](C)(C[C@H](O)[C@H](CC2CCCCC2)NC(=O)O[C@H]2CCOC2)C(=O)N[C@H]2c3ccccc3C[C@H]2O)cc1)C(C)C. The van der Waals surface area contributed by atoms with Gasteiger partial charge in [-0.3, -0.25) is 9.69 Å². The number of amides is 2. The third-order valence-corrected chi connectivity index (χ3v) is 11.3. The molecule has 51 heavy (non-hydrogen) atoms. The number of ether oxygens (including phenoxy) is 3. The second-order valence-corrected chi connectivity index (χ2v) is 15.7. The lowest BCUT2D eigenvalue weighted by Crippen LogP contribution is -2.52. The molecule has 10 heteroatoms. The summed E-state index contributed by atoms with van der Waals surface area (Å²) >= 11 is 0. The largest absolute Gasteiger partial charge is 0.492 e. The molecule has 0 radical (unpaired) electrons. The van der Waals surface area contributed by atoms with Crippen LogP contribution in [0.3, 0.4) is 0 Å². The number of benzene rings is 2. The molecule has 2 aromatic carbocycles. The molecule has 1 saturated heterocycles. The number of carbonyl (C=O) groups is 2. The van der Waals surface area contributed by atoms with Crippen LogP contribution in [0.25, 0.3) is 0 Å². The van der Waals surface area contributed by atoms with E-state index in [1.54, 1.807) is 0 Å². The summed E-state index contributed by atoms with van der Waals surface area (Å²) in [5, 5.41) is 29.2. The highest BCUT2D eigenvalue weighted by molar-refractivity contribution is 5.88. The van der Waals surface area contributed by atoms with Crippen LogP contribution in [0.15, 0.2) is 48.5 Å². The van der Waals surface area contributed by atoms with E-state index in [0.717, 1.165) is 43.4 Å². The Morgan fingerprint density at radius 3 is 2.37 bits per heavy atom. The van der Waals surface area contributed by atoms with Crippen LogP contribution in [-0.4, -0.2) is 89.9 Å². The Morgan fingerprint density at radius 1 is 1.00 bits per heavy atom. The van der Waals surface area contributed by atoms with E-state index in [1.165, 1.54) is 6.42 Å². The van der Waals surface area contributed by atoms with Gasteiger partial charge in [0.05, 0.1) is 42.9 Å². The summed E-state index contributed by atoms with van der Waals surface area (Å²) in [5.74, 6) is 0.755. The van der Waals surface area contributed by atoms with Gasteiger partial charge < -0.3 is 35.1 Å². The van der Waals surface area contributed by atoms with Crippen molar-refractivity contribution < 1.29 is 34.0 Å². The number of nitrogens with zero attached hydrogens (tertiary/aromatic N) is 1. The summed E-state index contributed by atoms with van der Waals surface area (Å²) in [5.41, 5.74) is 1.41. The van der Waals surface area contributed by atoms with E-state index < -0.39 is 35.8 Å². The lowest BCUT2D eigenvalue weighted by atomic mass is 9.74. The van der Waals surface area contributed by atoms with Crippen LogP contribution in [-0.2, 0) is 26.1 Å². The van der Waals surface area contributed by atoms with E-state index >= 15 is 0 Å². The van der Waals surface area contributed by atoms with Gasteiger partial charge in [0.25, 0.3) is 0 Å². The standard InChI is InChI=1S/C41H61N3O7/c1-27(2)44(28(3)4)20-22-50-32-17-15-31(16-18-32)41(5,39(47)43-38-34-14-10-9-13-30(34)24-36(38)45)25-37(46)35(23-29-11-7-6-8-12-29)42-40(48)51-33-19-21-49-26-33/h9-10,13-18,27-29,33,35-38,45-46H,6-8,11-12,19-26H2,1-5H3,(H,42,48)(H,43,47)/t33-,35-,36+,37-,38-,41+/m0/s1. The molecule has 1 aliphatic heterocycles. The summed E-state index contributed by atoms with van der Waals surface area (Å²) < 4.78 is 17.2. The Bertz CT molecular complexity index is 1400. The fraction of sp³-hybridized carbons (Fsp3) is 0.659. The third-order valence-electron chi connectivity index (χ3n) is 11.3. The molecule has 2 fully saturated rings. The van der Waals surface area contributed by atoms with Gasteiger partial charge in [0.1, 0.15) is 18.5 Å². The molecule has 2 aliphatic carbocycles. The molecule has 0 unspecified atom stereocenters. The minimum atomic E-state index is -1.21. The maximum Gasteiger partial charge on any atom is 0.407 e. The Hall–Kier alpha value is -3.18. The molecule has 10 nitrogen and oxygen atoms in total. The van der Waals surface area contributed by atoms with Gasteiger partial charge in [-0.2, -0.15) is 0 Å². The predicted molar refractivity (Wildman–Crippen MR) is 198 cm³/mol. The summed E-state index contributed by atoms with van der Waals surface area (Å²) in [4.78, 5) is 30.0. The van der Waals surface area contributed by atoms with Gasteiger partial charge in [-0.05, 0) is 82.2 Å². The first kappa shape index (κ1) is 39.0. The van der Waals surface area contributed by atoms with Crippen molar-refractivity contribution in [3.8, 4) is 5.75 Å². The van der Waals surface area contributed by atoms with Crippen molar-refractivity contribution in [1.82, 2.24) is 15.5 Å². The average Bonchev–Trinajstić information content (AvgIpc) is 3.73. The summed E-state index contributed by atoms with van der Waals surface area (Å²) in [7, 11) is 0. The first-order valence-electron chi connectivity index (χ1n) is 19.2. The normalized spacial score (nSPS) is 23.1. The highest BCUT2D eigenvalue weighted by Gasteiger charge is 2.43. The molecule has 4 N–H and O–H groups in total. The number of carbonyl (C=O) groups excluding carboxylic acids is 2. The number of hydrogen-bond acceptors (Lipinski definition) is 8. The van der Waals surface area contributed by atoms with Crippen LogP contribution in [0, 0.1) is 5.92 Å². The van der Waals surface area contributed by atoms with Crippen molar-refractivity contribution in [1.29, 1.82) is 0 Å². The van der Waals surface area contributed by atoms with Crippen molar-refractivity contribution >= 4 is 12.0 Å². The van der Waals surface area contributed by atoms with Crippen molar-refractivity contribution in [3.63, 3.8) is 0 Å². The molecule has 3 aliphatic rings. The first-order valence-corrected chi connectivity index (χ1v) is 19.2. The lowest BCUT2D eigenvalue weighted by Gasteiger charge is -2.36. The zero-order valence-electron chi connectivity index (χ0n) is 31.3. The molecule has 1 saturated carbocycles. The van der Waals surface area contributed by atoms with Crippen molar-refractivity contribution in [2.45, 2.75) is 140 Å². The fourth-order valence-corrected chi connectivity index (χ4v) is 8.29. The average molecular weight is 708 g/mol. The summed E-state index contributed by atoms with van der Waals surface area (Å²) in [6.07, 6.45) is 4.59. The molecule has 2 amide bonds. The predicted octanol–water partition coefficient (Wildman–Crippen LogP) is 5.82. The fourth-order valence-electron chi connectivity index (χ4n) is 8.29. The second kappa shape index (κ2) is 18.0. The lowest BCUT2D eigenvalue weighted by molar-refractivity contribution is -0.129. The van der Waals surface area contributed by atoms with Gasteiger partial charge in [0.15, 0.2) is 0 Å². The Labute approximate surface area is 304 Å². The van der Waals surface area contributed by atoms with Crippen molar-refractivity contribution in [2.24, 2.45) is 5.92 Å². The summed E-state index contributed by atoms with van der Waals surface area (Å²) in [6, 6.07) is 14.9. The third kappa shape index (κ3) is 10.2. The Morgan fingerprint density at radius 2 is 1.71 bits per heavy atom. The maximum atomic E-state index is 14.5. The Kier molecular flexibility index (Phi) is 13.8. The van der Waals surface area contributed by atoms with Gasteiger partial charge in [-0.1, -0.05) is 68.5 Å². The number of fused-ring (bicyclic) bond motifs is 1. The molecule has 0 spiro atoms. The minimum absolute atomic E-state index is 0.0471. The molecular formula is C41H61N3O7. The van der Waals surface area contributed by atoms with E-state index in [4.69, 9.17) is 14.2 Å². The highest BCUT2D eigenvalue weighted by Crippen LogP contribution is 2.37. The zero-order chi connectivity index (χ0) is 36.5. The van der Waals surface area contributed by atoms with Gasteiger partial charge in [-0.15, -0.1) is 0 Å². The van der Waals surface area contributed by atoms with Crippen LogP contribution in [0.4, 0.5) is 4.79 Å². The number of nitrogens with one attached hydrogen (secondary N) is 2. The van der Waals surface area contributed by atoms with Gasteiger partial charge in [0, 0.05) is 31.5 Å². The topological polar surface area (TPSA) is 130 Å². The number of aliphatic hydroxyl groups is 2. The van der Waals surface area contributed by atoms with Crippen LogP contribution in [0.1, 0.15) is 109 Å². The number of alkyl carbamates (subject to hydrolysis) is 1. The molecule has 2 aromatic rings. The quantitative estimate of drug-likeness (QED) is 0.172. The molecule has 5 rings (SSSR count). The monoisotopic (exact) mass is 707 g/mol. The second-order valence-electron chi connectivity index (χ2n) is 15.7. The van der Waals surface area contributed by atoms with Gasteiger partial charge in [0.2, 0.25) is 5.91 Å². The van der Waals surface area contributed by atoms with E-state index in [9.17, 15) is 19.8 Å². The van der Waals surface area contributed by atoms with Crippen molar-refractivity contribution in [2.75, 3.05) is 26.4 Å². The van der Waals surface area contributed by atoms with E-state index in [-0.39, 0.29) is 18.4 Å². The number of hydrogen-bond donors (Lipinski definition) is 4. The minimum Gasteiger partial charge on any atom is -0.492 e. The number of rotatable bonds is 16. The van der Waals surface area contributed by atoms with Crippen LogP contribution >= 0.6 is 0 Å². The van der Waals surface area contributed by atoms with Crippen LogP contribution in [0.5, 0.6) is 5.75 Å². The van der Waals surface area contributed by atoms with Crippen LogP contribution < -0.4 is 15.4 Å². The zero-order valence-corrected chi connectivity index (χ0v) is 31.3. The van der Waals surface area contributed by atoms with Gasteiger partial charge >= 0.3 is 6.09 Å². The van der Waals surface area contributed by atoms with E-state index in [0.29, 0.717) is 68.4 Å². The summed E-state index contributed by atoms with van der Waals surface area (Å²) in [6.45, 7) is 12.8. The molecular weight excluding hydrogens is 646 g/mol. The van der Waals surface area contributed by atoms with Crippen LogP contribution in [0.2, 0.25) is 0 Å². The first-order chi connectivity index (χ1) is 24.4. The smallest absolute Gasteiger partial charge is 0.407 e. The van der Waals surface area contributed by atoms with E-state index in [2.05, 4.69) is 43.2 Å². The molecule has 1 heterocycles. The Balaban J connectivity index is 1.37. The van der Waals surface area contributed by atoms with Crippen molar-refractivity contribution in [3.05, 3.63) is 65.2 Å². The molecule has 0 aromatic heterocycles. The maximum absolute atomic E-state index is 14.5. The molecule has 282 valence electrons. The van der Waals surface area contributed by atoms with E-state index in [1.807, 2.05) is 55.5 Å². The molecule has 6 atom stereocenters. The number of aliphatic hydroxyl groups excluding tert-OH is 2. The van der Waals surface area contributed by atoms with Gasteiger partial charge in [-0.25, -0.2) is 4.79 Å². The molecule has 0 bridgehead atoms. The highest BCUT2D eigenvalue weighted by atomic mass is 16.6.